The number of ether oxygens (including phenoxy) is 1. The molecule has 1 aromatic carbocycles. The summed E-state index contributed by atoms with van der Waals surface area (Å²) in [4.78, 5) is 32.8. The van der Waals surface area contributed by atoms with E-state index in [1.54, 1.807) is 4.90 Å². The zero-order valence-corrected chi connectivity index (χ0v) is 17.7. The summed E-state index contributed by atoms with van der Waals surface area (Å²) < 4.78 is 5.40. The van der Waals surface area contributed by atoms with E-state index in [1.165, 1.54) is 11.8 Å². The quantitative estimate of drug-likeness (QED) is 0.734. The second-order valence-corrected chi connectivity index (χ2v) is 8.93. The summed E-state index contributed by atoms with van der Waals surface area (Å²) in [6.07, 6.45) is -0.315. The van der Waals surface area contributed by atoms with Crippen LogP contribution in [0.5, 0.6) is 0 Å². The zero-order chi connectivity index (χ0) is 20.3. The highest BCUT2D eigenvalue weighted by Crippen LogP contribution is 2.24. The number of hydrogen-bond donors (Lipinski definition) is 0. The minimum absolute atomic E-state index is 0.0708. The first-order chi connectivity index (χ1) is 13.2. The van der Waals surface area contributed by atoms with E-state index in [2.05, 4.69) is 18.0 Å². The summed E-state index contributed by atoms with van der Waals surface area (Å²) in [7, 11) is 0. The zero-order valence-electron chi connectivity index (χ0n) is 16.9. The molecule has 0 saturated carbocycles. The molecular weight excluding hydrogens is 374 g/mol. The minimum Gasteiger partial charge on any atom is -0.444 e. The molecule has 1 saturated heterocycles. The molecule has 0 atom stereocenters. The number of amides is 2. The lowest BCUT2D eigenvalue weighted by Gasteiger charge is -2.35. The van der Waals surface area contributed by atoms with Crippen molar-refractivity contribution < 1.29 is 14.3 Å². The van der Waals surface area contributed by atoms with Gasteiger partial charge in [-0.15, -0.1) is 0 Å². The van der Waals surface area contributed by atoms with Crippen molar-refractivity contribution in [3.63, 3.8) is 0 Å². The van der Waals surface area contributed by atoms with Gasteiger partial charge in [-0.1, -0.05) is 30.0 Å². The van der Waals surface area contributed by atoms with Crippen LogP contribution in [0.15, 0.2) is 35.4 Å². The van der Waals surface area contributed by atoms with E-state index < -0.39 is 5.60 Å². The highest BCUT2D eigenvalue weighted by atomic mass is 32.2. The lowest BCUT2D eigenvalue weighted by atomic mass is 10.1. The van der Waals surface area contributed by atoms with Gasteiger partial charge in [0.25, 0.3) is 0 Å². The monoisotopic (exact) mass is 401 g/mol. The van der Waals surface area contributed by atoms with E-state index in [0.29, 0.717) is 31.9 Å². The summed E-state index contributed by atoms with van der Waals surface area (Å²) in [5.74, 6) is 0.415. The predicted octanol–water partition coefficient (Wildman–Crippen LogP) is 3.71. The maximum atomic E-state index is 12.6. The maximum absolute atomic E-state index is 12.6. The van der Waals surface area contributed by atoms with Gasteiger partial charge in [0.15, 0.2) is 0 Å². The van der Waals surface area contributed by atoms with E-state index in [-0.39, 0.29) is 12.0 Å². The Kier molecular flexibility index (Phi) is 6.13. The topological polar surface area (TPSA) is 62.7 Å². The van der Waals surface area contributed by atoms with Gasteiger partial charge in [0.1, 0.15) is 5.60 Å². The Morgan fingerprint density at radius 2 is 1.75 bits per heavy atom. The first-order valence-corrected chi connectivity index (χ1v) is 10.5. The van der Waals surface area contributed by atoms with Crippen molar-refractivity contribution in [1.82, 2.24) is 14.8 Å². The molecule has 1 fully saturated rings. The van der Waals surface area contributed by atoms with Gasteiger partial charge >= 0.3 is 6.09 Å². The van der Waals surface area contributed by atoms with Crippen molar-refractivity contribution >= 4 is 34.7 Å². The van der Waals surface area contributed by atoms with Gasteiger partial charge in [0.2, 0.25) is 5.91 Å². The number of rotatable bonds is 3. The molecule has 0 aliphatic carbocycles. The molecule has 28 heavy (non-hydrogen) atoms. The standard InChI is InChI=1S/C21H27N3O3S/c1-15-13-18(22-17-8-6-5-7-16(15)17)28-14-19(25)23-9-11-24(12-10-23)20(26)27-21(2,3)4/h5-8,13H,9-12,14H2,1-4H3. The van der Waals surface area contributed by atoms with Crippen molar-refractivity contribution in [1.29, 1.82) is 0 Å². The number of thioether (sulfide) groups is 1. The highest BCUT2D eigenvalue weighted by Gasteiger charge is 2.27. The molecule has 2 aromatic rings. The number of carbonyl (C=O) groups is 2. The number of nitrogens with zero attached hydrogens (tertiary/aromatic N) is 3. The van der Waals surface area contributed by atoms with Crippen molar-refractivity contribution in [2.24, 2.45) is 0 Å². The van der Waals surface area contributed by atoms with E-state index in [1.807, 2.05) is 49.9 Å². The molecule has 0 radical (unpaired) electrons. The third kappa shape index (κ3) is 5.16. The van der Waals surface area contributed by atoms with Gasteiger partial charge in [-0.25, -0.2) is 9.78 Å². The number of fused-ring (bicyclic) bond motifs is 1. The van der Waals surface area contributed by atoms with Crippen LogP contribution in [0.1, 0.15) is 26.3 Å². The van der Waals surface area contributed by atoms with Gasteiger partial charge in [0, 0.05) is 31.6 Å². The normalized spacial score (nSPS) is 15.0. The average molecular weight is 402 g/mol. The van der Waals surface area contributed by atoms with E-state index >= 15 is 0 Å². The smallest absolute Gasteiger partial charge is 0.410 e. The molecule has 0 bridgehead atoms. The molecule has 3 rings (SSSR count). The molecule has 1 aromatic heterocycles. The van der Waals surface area contributed by atoms with Crippen LogP contribution in [-0.2, 0) is 9.53 Å². The van der Waals surface area contributed by atoms with Crippen molar-refractivity contribution in [3.8, 4) is 0 Å². The Balaban J connectivity index is 1.52. The van der Waals surface area contributed by atoms with Crippen LogP contribution in [-0.4, -0.2) is 64.3 Å². The first kappa shape index (κ1) is 20.5. The number of carbonyl (C=O) groups excluding carboxylic acids is 2. The maximum Gasteiger partial charge on any atom is 0.410 e. The van der Waals surface area contributed by atoms with Crippen LogP contribution in [0.4, 0.5) is 4.79 Å². The summed E-state index contributed by atoms with van der Waals surface area (Å²) in [6.45, 7) is 9.67. The molecule has 0 unspecified atom stereocenters. The molecule has 7 heteroatoms. The summed E-state index contributed by atoms with van der Waals surface area (Å²) in [5.41, 5.74) is 1.60. The van der Waals surface area contributed by atoms with Crippen molar-refractivity contribution in [2.75, 3.05) is 31.9 Å². The molecule has 150 valence electrons. The van der Waals surface area contributed by atoms with Crippen molar-refractivity contribution in [3.05, 3.63) is 35.9 Å². The molecule has 2 heterocycles. The fourth-order valence-corrected chi connectivity index (χ4v) is 3.96. The Morgan fingerprint density at radius 1 is 1.11 bits per heavy atom. The lowest BCUT2D eigenvalue weighted by Crippen LogP contribution is -2.52. The fourth-order valence-electron chi connectivity index (χ4n) is 3.08. The largest absolute Gasteiger partial charge is 0.444 e. The lowest BCUT2D eigenvalue weighted by molar-refractivity contribution is -0.130. The van der Waals surface area contributed by atoms with Gasteiger partial charge in [0.05, 0.1) is 16.3 Å². The van der Waals surface area contributed by atoms with Gasteiger partial charge in [-0.3, -0.25) is 4.79 Å². The summed E-state index contributed by atoms with van der Waals surface area (Å²) in [6, 6.07) is 10.1. The Hall–Kier alpha value is -2.28. The number of benzene rings is 1. The number of piperazine rings is 1. The first-order valence-electron chi connectivity index (χ1n) is 9.48. The number of hydrogen-bond acceptors (Lipinski definition) is 5. The Labute approximate surface area is 170 Å². The van der Waals surface area contributed by atoms with Crippen LogP contribution in [0.25, 0.3) is 10.9 Å². The third-order valence-electron chi connectivity index (χ3n) is 4.53. The average Bonchev–Trinajstić information content (AvgIpc) is 2.65. The van der Waals surface area contributed by atoms with E-state index in [9.17, 15) is 9.59 Å². The molecule has 6 nitrogen and oxygen atoms in total. The van der Waals surface area contributed by atoms with Crippen LogP contribution >= 0.6 is 11.8 Å². The summed E-state index contributed by atoms with van der Waals surface area (Å²) in [5, 5.41) is 1.99. The Morgan fingerprint density at radius 3 is 2.43 bits per heavy atom. The second kappa shape index (κ2) is 8.39. The van der Waals surface area contributed by atoms with Crippen LogP contribution in [0.2, 0.25) is 0 Å². The predicted molar refractivity (Wildman–Crippen MR) is 112 cm³/mol. The number of pyridine rings is 1. The van der Waals surface area contributed by atoms with E-state index in [4.69, 9.17) is 4.74 Å². The number of aromatic nitrogens is 1. The van der Waals surface area contributed by atoms with E-state index in [0.717, 1.165) is 21.5 Å². The number of para-hydroxylation sites is 1. The molecule has 1 aliphatic rings. The summed E-state index contributed by atoms with van der Waals surface area (Å²) >= 11 is 1.46. The molecule has 0 spiro atoms. The highest BCUT2D eigenvalue weighted by molar-refractivity contribution is 7.99. The molecule has 1 aliphatic heterocycles. The van der Waals surface area contributed by atoms with Crippen molar-refractivity contribution in [2.45, 2.75) is 38.3 Å². The van der Waals surface area contributed by atoms with Gasteiger partial charge < -0.3 is 14.5 Å². The van der Waals surface area contributed by atoms with Gasteiger partial charge in [-0.2, -0.15) is 0 Å². The molecular formula is C21H27N3O3S. The minimum atomic E-state index is -0.508. The van der Waals surface area contributed by atoms with Crippen LogP contribution in [0.3, 0.4) is 0 Å². The van der Waals surface area contributed by atoms with Gasteiger partial charge in [-0.05, 0) is 45.4 Å². The fraction of sp³-hybridized carbons (Fsp3) is 0.476. The molecule has 2 amide bonds. The number of aryl methyl sites for hydroxylation is 1. The molecule has 0 N–H and O–H groups in total. The third-order valence-corrected chi connectivity index (χ3v) is 5.42. The Bertz CT molecular complexity index is 871. The SMILES string of the molecule is Cc1cc(SCC(=O)N2CCN(C(=O)OC(C)(C)C)CC2)nc2ccccc12. The van der Waals surface area contributed by atoms with Crippen LogP contribution < -0.4 is 0 Å². The second-order valence-electron chi connectivity index (χ2n) is 7.93. The van der Waals surface area contributed by atoms with Crippen LogP contribution in [0, 0.1) is 6.92 Å².